The molecular weight excluding hydrogens is 468 g/mol. The van der Waals surface area contributed by atoms with Gasteiger partial charge >= 0.3 is 0 Å². The Morgan fingerprint density at radius 2 is 1.39 bits per heavy atom. The van der Waals surface area contributed by atoms with Crippen molar-refractivity contribution < 1.29 is 0 Å². The molecule has 0 saturated heterocycles. The van der Waals surface area contributed by atoms with Gasteiger partial charge in [-0.15, -0.1) is 0 Å². The highest BCUT2D eigenvalue weighted by Gasteiger charge is 2.23. The standard InChI is InChI=1S/C32H24N6/c1-2-9-22(10-3-1)37-26-13-5-4-11-24(26)28-31(37)36-30-29-27(14-8-20-34-29)38(32(30)35-28)23-17-15-21(16-18-23)25-12-6-7-19-33-25/h1-2,4-9,11-15,17,19-20H,3,10,16,18H2. The molecule has 5 heterocycles. The van der Waals surface area contributed by atoms with Crippen LogP contribution in [0.2, 0.25) is 0 Å². The number of hydrogen-bond donors (Lipinski definition) is 0. The fraction of sp³-hybridized carbons (Fsp3) is 0.125. The predicted octanol–water partition coefficient (Wildman–Crippen LogP) is 7.39. The van der Waals surface area contributed by atoms with E-state index in [1.807, 2.05) is 30.6 Å². The zero-order valence-electron chi connectivity index (χ0n) is 20.7. The van der Waals surface area contributed by atoms with Gasteiger partial charge in [0.15, 0.2) is 11.3 Å². The smallest absolute Gasteiger partial charge is 0.166 e. The van der Waals surface area contributed by atoms with Crippen LogP contribution in [0.15, 0.2) is 97.4 Å². The van der Waals surface area contributed by atoms with Gasteiger partial charge in [-0.2, -0.15) is 0 Å². The van der Waals surface area contributed by atoms with Gasteiger partial charge in [0.05, 0.1) is 16.7 Å². The molecule has 0 aliphatic heterocycles. The van der Waals surface area contributed by atoms with Crippen LogP contribution in [-0.2, 0) is 0 Å². The van der Waals surface area contributed by atoms with Crippen molar-refractivity contribution in [3.8, 4) is 0 Å². The number of allylic oxidation sites excluding steroid dienone is 8. The minimum absolute atomic E-state index is 0.838. The molecule has 38 heavy (non-hydrogen) atoms. The fourth-order valence-electron chi connectivity index (χ4n) is 5.86. The van der Waals surface area contributed by atoms with Crippen LogP contribution in [-0.4, -0.2) is 29.1 Å². The Bertz CT molecular complexity index is 2020. The van der Waals surface area contributed by atoms with E-state index in [0.717, 1.165) is 75.6 Å². The minimum Gasteiger partial charge on any atom is -0.296 e. The van der Waals surface area contributed by atoms with Gasteiger partial charge in [-0.1, -0.05) is 42.5 Å². The van der Waals surface area contributed by atoms with Crippen LogP contribution >= 0.6 is 0 Å². The predicted molar refractivity (Wildman–Crippen MR) is 154 cm³/mol. The Morgan fingerprint density at radius 3 is 2.24 bits per heavy atom. The molecule has 182 valence electrons. The Morgan fingerprint density at radius 1 is 0.605 bits per heavy atom. The Balaban J connectivity index is 1.41. The lowest BCUT2D eigenvalue weighted by molar-refractivity contribution is 0.969. The third kappa shape index (κ3) is 3.13. The molecule has 0 fully saturated rings. The van der Waals surface area contributed by atoms with E-state index in [-0.39, 0.29) is 0 Å². The highest BCUT2D eigenvalue weighted by Crippen LogP contribution is 2.38. The minimum atomic E-state index is 0.838. The van der Waals surface area contributed by atoms with Gasteiger partial charge in [-0.3, -0.25) is 19.1 Å². The van der Waals surface area contributed by atoms with Crippen LogP contribution in [0, 0.1) is 0 Å². The van der Waals surface area contributed by atoms with E-state index in [4.69, 9.17) is 15.0 Å². The summed E-state index contributed by atoms with van der Waals surface area (Å²) in [6, 6.07) is 18.7. The maximum absolute atomic E-state index is 5.33. The van der Waals surface area contributed by atoms with Gasteiger partial charge in [-0.25, -0.2) is 9.97 Å². The summed E-state index contributed by atoms with van der Waals surface area (Å²) < 4.78 is 4.54. The first-order valence-corrected chi connectivity index (χ1v) is 13.1. The van der Waals surface area contributed by atoms with Crippen molar-refractivity contribution in [1.82, 2.24) is 29.1 Å². The van der Waals surface area contributed by atoms with Gasteiger partial charge in [-0.05, 0) is 73.7 Å². The average Bonchev–Trinajstić information content (AvgIpc) is 3.49. The molecule has 0 unspecified atom stereocenters. The van der Waals surface area contributed by atoms with Crippen LogP contribution < -0.4 is 0 Å². The number of fused-ring (bicyclic) bond motifs is 6. The number of nitrogens with zero attached hydrogens (tertiary/aromatic N) is 6. The molecule has 5 aromatic heterocycles. The van der Waals surface area contributed by atoms with Crippen LogP contribution in [0.25, 0.3) is 61.2 Å². The molecule has 6 heteroatoms. The summed E-state index contributed by atoms with van der Waals surface area (Å²) in [5.74, 6) is 0. The van der Waals surface area contributed by atoms with Crippen LogP contribution in [0.3, 0.4) is 0 Å². The number of aromatic nitrogens is 6. The third-order valence-electron chi connectivity index (χ3n) is 7.62. The van der Waals surface area contributed by atoms with E-state index >= 15 is 0 Å². The van der Waals surface area contributed by atoms with Crippen molar-refractivity contribution in [2.75, 3.05) is 0 Å². The van der Waals surface area contributed by atoms with Crippen molar-refractivity contribution in [3.05, 3.63) is 103 Å². The first kappa shape index (κ1) is 21.3. The van der Waals surface area contributed by atoms with E-state index in [1.165, 1.54) is 17.0 Å². The molecule has 0 bridgehead atoms. The second-order valence-corrected chi connectivity index (χ2v) is 9.82. The van der Waals surface area contributed by atoms with E-state index in [2.05, 4.69) is 80.9 Å². The number of hydrogen-bond acceptors (Lipinski definition) is 4. The first-order chi connectivity index (χ1) is 18.9. The summed E-state index contributed by atoms with van der Waals surface area (Å²) in [5.41, 5.74) is 11.3. The molecule has 0 spiro atoms. The SMILES string of the molecule is C1=CCCC(n2c3ccccc3c3nc4c(nc32)c2ncccc2n4C2=CC=C(c3ccccn3)CC2)=C1. The van der Waals surface area contributed by atoms with Crippen molar-refractivity contribution >= 4 is 61.2 Å². The summed E-state index contributed by atoms with van der Waals surface area (Å²) in [6.07, 6.45) is 18.4. The zero-order chi connectivity index (χ0) is 25.1. The van der Waals surface area contributed by atoms with E-state index in [1.54, 1.807) is 0 Å². The summed E-state index contributed by atoms with van der Waals surface area (Å²) in [6.45, 7) is 0. The second-order valence-electron chi connectivity index (χ2n) is 9.82. The van der Waals surface area contributed by atoms with E-state index in [9.17, 15) is 0 Å². The topological polar surface area (TPSA) is 61.4 Å². The quantitative estimate of drug-likeness (QED) is 0.258. The lowest BCUT2D eigenvalue weighted by Crippen LogP contribution is -2.03. The lowest BCUT2D eigenvalue weighted by Gasteiger charge is -2.17. The molecule has 2 aliphatic carbocycles. The molecule has 0 saturated carbocycles. The van der Waals surface area contributed by atoms with Gasteiger partial charge in [0.25, 0.3) is 0 Å². The molecule has 0 atom stereocenters. The summed E-state index contributed by atoms with van der Waals surface area (Å²) in [7, 11) is 0. The van der Waals surface area contributed by atoms with Crippen molar-refractivity contribution in [2.24, 2.45) is 0 Å². The molecule has 6 nitrogen and oxygen atoms in total. The van der Waals surface area contributed by atoms with Gasteiger partial charge in [0, 0.05) is 29.2 Å². The maximum atomic E-state index is 5.33. The summed E-state index contributed by atoms with van der Waals surface area (Å²) in [5, 5.41) is 1.12. The zero-order valence-corrected chi connectivity index (χ0v) is 20.7. The summed E-state index contributed by atoms with van der Waals surface area (Å²) >= 11 is 0. The highest BCUT2D eigenvalue weighted by atomic mass is 15.1. The Hall–Kier alpha value is -4.84. The molecule has 8 rings (SSSR count). The number of rotatable bonds is 3. The normalized spacial score (nSPS) is 15.8. The van der Waals surface area contributed by atoms with Gasteiger partial charge < -0.3 is 0 Å². The molecule has 1 aromatic carbocycles. The van der Waals surface area contributed by atoms with Crippen LogP contribution in [0.5, 0.6) is 0 Å². The van der Waals surface area contributed by atoms with Gasteiger partial charge in [0.1, 0.15) is 16.6 Å². The molecule has 6 aromatic rings. The van der Waals surface area contributed by atoms with E-state index in [0.29, 0.717) is 0 Å². The van der Waals surface area contributed by atoms with Crippen molar-refractivity contribution in [3.63, 3.8) is 0 Å². The van der Waals surface area contributed by atoms with Crippen molar-refractivity contribution in [1.29, 1.82) is 0 Å². The van der Waals surface area contributed by atoms with Crippen LogP contribution in [0.1, 0.15) is 31.4 Å². The fourth-order valence-corrected chi connectivity index (χ4v) is 5.86. The van der Waals surface area contributed by atoms with Crippen LogP contribution in [0.4, 0.5) is 0 Å². The first-order valence-electron chi connectivity index (χ1n) is 13.1. The third-order valence-corrected chi connectivity index (χ3v) is 7.62. The van der Waals surface area contributed by atoms with E-state index < -0.39 is 0 Å². The molecule has 0 radical (unpaired) electrons. The number of benzene rings is 1. The lowest BCUT2D eigenvalue weighted by atomic mass is 9.99. The average molecular weight is 493 g/mol. The number of pyridine rings is 2. The Kier molecular flexibility index (Phi) is 4.67. The van der Waals surface area contributed by atoms with Gasteiger partial charge in [0.2, 0.25) is 0 Å². The largest absolute Gasteiger partial charge is 0.296 e. The molecule has 0 N–H and O–H groups in total. The highest BCUT2D eigenvalue weighted by molar-refractivity contribution is 6.12. The second kappa shape index (κ2) is 8.35. The van der Waals surface area contributed by atoms with Crippen molar-refractivity contribution in [2.45, 2.75) is 25.7 Å². The maximum Gasteiger partial charge on any atom is 0.166 e. The molecular formula is C32H24N6. The molecule has 2 aliphatic rings. The molecule has 0 amide bonds. The monoisotopic (exact) mass is 492 g/mol. The summed E-state index contributed by atoms with van der Waals surface area (Å²) in [4.78, 5) is 20.0. The number of para-hydroxylation sites is 1. The Labute approximate surface area is 219 Å².